The van der Waals surface area contributed by atoms with Gasteiger partial charge >= 0.3 is 12.0 Å². The highest BCUT2D eigenvalue weighted by Crippen LogP contribution is 2.07. The van der Waals surface area contributed by atoms with Crippen LogP contribution in [0.1, 0.15) is 30.9 Å². The summed E-state index contributed by atoms with van der Waals surface area (Å²) in [5.74, 6) is 1.25. The summed E-state index contributed by atoms with van der Waals surface area (Å²) in [6, 6.07) is -0.285. The van der Waals surface area contributed by atoms with E-state index in [2.05, 4.69) is 30.4 Å². The first-order valence-corrected chi connectivity index (χ1v) is 5.44. The molecule has 8 nitrogen and oxygen atoms in total. The molecule has 2 heterocycles. The summed E-state index contributed by atoms with van der Waals surface area (Å²) < 4.78 is 0. The highest BCUT2D eigenvalue weighted by atomic mass is 16.3. The van der Waals surface area contributed by atoms with Crippen LogP contribution in [-0.2, 0) is 12.8 Å². The van der Waals surface area contributed by atoms with E-state index in [1.807, 2.05) is 0 Å². The fourth-order valence-electron chi connectivity index (χ4n) is 1.54. The minimum absolute atomic E-state index is 0.142. The summed E-state index contributed by atoms with van der Waals surface area (Å²) in [6.45, 7) is 0. The van der Waals surface area contributed by atoms with Crippen LogP contribution in [0.5, 0.6) is 12.0 Å². The molecule has 17 heavy (non-hydrogen) atoms. The summed E-state index contributed by atoms with van der Waals surface area (Å²) in [5, 5.41) is 30.3. The zero-order valence-corrected chi connectivity index (χ0v) is 9.22. The van der Waals surface area contributed by atoms with Gasteiger partial charge in [-0.2, -0.15) is 20.2 Å². The zero-order valence-electron chi connectivity index (χ0n) is 9.22. The van der Waals surface area contributed by atoms with Gasteiger partial charge in [0.25, 0.3) is 0 Å². The number of H-pyrrole nitrogens is 2. The summed E-state index contributed by atoms with van der Waals surface area (Å²) in [6.07, 6.45) is 4.33. The Labute approximate surface area is 97.1 Å². The molecule has 92 valence electrons. The molecule has 2 aromatic rings. The van der Waals surface area contributed by atoms with Crippen LogP contribution in [0.4, 0.5) is 0 Å². The molecular weight excluding hydrogens is 224 g/mol. The lowest BCUT2D eigenvalue weighted by atomic mass is 10.1. The molecule has 0 spiro atoms. The Balaban J connectivity index is 1.60. The molecule has 4 N–H and O–H groups in total. The largest absolute Gasteiger partial charge is 0.479 e. The van der Waals surface area contributed by atoms with Crippen molar-refractivity contribution in [2.24, 2.45) is 0 Å². The average molecular weight is 238 g/mol. The van der Waals surface area contributed by atoms with Crippen molar-refractivity contribution in [2.45, 2.75) is 32.1 Å². The first kappa shape index (κ1) is 11.4. The zero-order chi connectivity index (χ0) is 12.1. The van der Waals surface area contributed by atoms with E-state index in [1.54, 1.807) is 0 Å². The number of hydrogen-bond donors (Lipinski definition) is 4. The molecule has 0 radical (unpaired) electrons. The van der Waals surface area contributed by atoms with Crippen molar-refractivity contribution in [3.05, 3.63) is 11.6 Å². The fraction of sp³-hybridized carbons (Fsp3) is 0.556. The molecule has 0 aliphatic carbocycles. The van der Waals surface area contributed by atoms with Gasteiger partial charge in [-0.25, -0.2) is 10.2 Å². The first-order valence-electron chi connectivity index (χ1n) is 5.44. The van der Waals surface area contributed by atoms with Crippen molar-refractivity contribution < 1.29 is 10.2 Å². The lowest BCUT2D eigenvalue weighted by molar-refractivity contribution is 0.432. The quantitative estimate of drug-likeness (QED) is 0.536. The third-order valence-corrected chi connectivity index (χ3v) is 2.34. The molecule has 8 heteroatoms. The number of hydrogen-bond acceptors (Lipinski definition) is 6. The van der Waals surface area contributed by atoms with E-state index >= 15 is 0 Å². The summed E-state index contributed by atoms with van der Waals surface area (Å²) in [7, 11) is 0. The molecule has 0 aliphatic heterocycles. The van der Waals surface area contributed by atoms with E-state index < -0.39 is 0 Å². The normalized spacial score (nSPS) is 10.8. The predicted molar refractivity (Wildman–Crippen MR) is 57.4 cm³/mol. The van der Waals surface area contributed by atoms with E-state index in [4.69, 9.17) is 10.2 Å². The second-order valence-corrected chi connectivity index (χ2v) is 3.71. The topological polar surface area (TPSA) is 124 Å². The van der Waals surface area contributed by atoms with Crippen molar-refractivity contribution in [1.29, 1.82) is 0 Å². The molecule has 2 aromatic heterocycles. The Morgan fingerprint density at radius 2 is 1.24 bits per heavy atom. The maximum Gasteiger partial charge on any atom is 0.309 e. The second kappa shape index (κ2) is 5.28. The fourth-order valence-corrected chi connectivity index (χ4v) is 1.54. The van der Waals surface area contributed by atoms with Crippen molar-refractivity contribution >= 4 is 0 Å². The smallest absolute Gasteiger partial charge is 0.309 e. The van der Waals surface area contributed by atoms with Crippen LogP contribution in [0.25, 0.3) is 0 Å². The number of aromatic nitrogens is 6. The SMILES string of the molecule is Oc1nc(CCCCCc2n[nH]c(O)n2)n[nH]1. The Morgan fingerprint density at radius 1 is 0.765 bits per heavy atom. The molecule has 0 atom stereocenters. The van der Waals surface area contributed by atoms with Crippen LogP contribution in [-0.4, -0.2) is 40.6 Å². The molecule has 0 bridgehead atoms. The summed E-state index contributed by atoms with van der Waals surface area (Å²) in [4.78, 5) is 7.59. The number of aryl methyl sites for hydroxylation is 2. The van der Waals surface area contributed by atoms with Gasteiger partial charge in [0.1, 0.15) is 0 Å². The second-order valence-electron chi connectivity index (χ2n) is 3.71. The van der Waals surface area contributed by atoms with Gasteiger partial charge in [0.2, 0.25) is 0 Å². The number of aromatic amines is 2. The Hall–Kier alpha value is -2.12. The monoisotopic (exact) mass is 238 g/mol. The first-order chi connectivity index (χ1) is 8.24. The maximum atomic E-state index is 8.93. The van der Waals surface area contributed by atoms with E-state index in [0.29, 0.717) is 11.6 Å². The number of aromatic hydroxyl groups is 2. The molecular formula is C9H14N6O2. The highest BCUT2D eigenvalue weighted by Gasteiger charge is 2.03. The highest BCUT2D eigenvalue weighted by molar-refractivity contribution is 4.93. The van der Waals surface area contributed by atoms with Crippen molar-refractivity contribution in [3.63, 3.8) is 0 Å². The van der Waals surface area contributed by atoms with Gasteiger partial charge in [-0.05, 0) is 12.8 Å². The Morgan fingerprint density at radius 3 is 1.59 bits per heavy atom. The third-order valence-electron chi connectivity index (χ3n) is 2.34. The molecule has 0 saturated carbocycles. The average Bonchev–Trinajstić information content (AvgIpc) is 2.88. The summed E-state index contributed by atoms with van der Waals surface area (Å²) in [5.41, 5.74) is 0. The lowest BCUT2D eigenvalue weighted by Gasteiger charge is -1.96. The van der Waals surface area contributed by atoms with Gasteiger partial charge < -0.3 is 10.2 Å². The number of nitrogens with one attached hydrogen (secondary N) is 2. The van der Waals surface area contributed by atoms with Crippen LogP contribution in [0.15, 0.2) is 0 Å². The third kappa shape index (κ3) is 3.44. The van der Waals surface area contributed by atoms with Gasteiger partial charge in [0.05, 0.1) is 0 Å². The molecule has 0 aliphatic rings. The van der Waals surface area contributed by atoms with Crippen molar-refractivity contribution in [1.82, 2.24) is 30.4 Å². The van der Waals surface area contributed by atoms with Gasteiger partial charge in [-0.1, -0.05) is 6.42 Å². The van der Waals surface area contributed by atoms with Gasteiger partial charge in [-0.15, -0.1) is 0 Å². The van der Waals surface area contributed by atoms with E-state index in [9.17, 15) is 0 Å². The molecule has 0 fully saturated rings. The molecule has 0 saturated heterocycles. The van der Waals surface area contributed by atoms with Crippen molar-refractivity contribution in [2.75, 3.05) is 0 Å². The molecule has 0 amide bonds. The van der Waals surface area contributed by atoms with Crippen LogP contribution < -0.4 is 0 Å². The minimum Gasteiger partial charge on any atom is -0.479 e. The standard InChI is InChI=1S/C9H14N6O2/c16-8-10-6(12-14-8)4-2-1-3-5-7-11-9(17)15-13-7/h1-5H2,(H2,10,12,14,16)(H2,11,13,15,17). The Kier molecular flexibility index (Phi) is 3.53. The van der Waals surface area contributed by atoms with E-state index in [0.717, 1.165) is 32.1 Å². The number of rotatable bonds is 6. The maximum absolute atomic E-state index is 8.93. The van der Waals surface area contributed by atoms with Crippen LogP contribution in [0, 0.1) is 0 Å². The van der Waals surface area contributed by atoms with Crippen LogP contribution in [0.3, 0.4) is 0 Å². The molecule has 0 unspecified atom stereocenters. The van der Waals surface area contributed by atoms with Crippen LogP contribution in [0.2, 0.25) is 0 Å². The van der Waals surface area contributed by atoms with E-state index in [-0.39, 0.29) is 12.0 Å². The van der Waals surface area contributed by atoms with Gasteiger partial charge in [0, 0.05) is 12.8 Å². The number of nitrogens with zero attached hydrogens (tertiary/aromatic N) is 4. The van der Waals surface area contributed by atoms with Crippen molar-refractivity contribution in [3.8, 4) is 12.0 Å². The lowest BCUT2D eigenvalue weighted by Crippen LogP contribution is -1.92. The summed E-state index contributed by atoms with van der Waals surface area (Å²) >= 11 is 0. The number of unbranched alkanes of at least 4 members (excludes halogenated alkanes) is 2. The predicted octanol–water partition coefficient (Wildman–Crippen LogP) is 0.289. The van der Waals surface area contributed by atoms with Gasteiger partial charge in [-0.3, -0.25) is 0 Å². The molecule has 0 aromatic carbocycles. The van der Waals surface area contributed by atoms with E-state index in [1.165, 1.54) is 0 Å². The van der Waals surface area contributed by atoms with Crippen LogP contribution >= 0.6 is 0 Å². The Bertz CT molecular complexity index is 423. The van der Waals surface area contributed by atoms with Gasteiger partial charge in [0.15, 0.2) is 11.6 Å². The molecule has 2 rings (SSSR count). The minimum atomic E-state index is -0.142.